The third-order valence-electron chi connectivity index (χ3n) is 1.85. The molecule has 0 amide bonds. The van der Waals surface area contributed by atoms with E-state index in [2.05, 4.69) is 26.2 Å². The van der Waals surface area contributed by atoms with Crippen molar-refractivity contribution in [2.24, 2.45) is 0 Å². The summed E-state index contributed by atoms with van der Waals surface area (Å²) in [4.78, 5) is 0. The van der Waals surface area contributed by atoms with Gasteiger partial charge in [-0.3, -0.25) is 0 Å². The molecule has 7 heteroatoms. The van der Waals surface area contributed by atoms with Crippen molar-refractivity contribution in [2.45, 2.75) is 13.0 Å². The van der Waals surface area contributed by atoms with Gasteiger partial charge in [0.05, 0.1) is 5.52 Å². The Kier molecular flexibility index (Phi) is 2.64. The molecule has 0 spiro atoms. The van der Waals surface area contributed by atoms with Crippen LogP contribution in [0, 0.1) is 5.82 Å². The molecular formula is C8H5BrF3N3. The highest BCUT2D eigenvalue weighted by Crippen LogP contribution is 2.21. The van der Waals surface area contributed by atoms with Crippen LogP contribution in [0.5, 0.6) is 0 Å². The molecule has 1 aromatic heterocycles. The lowest BCUT2D eigenvalue weighted by Gasteiger charge is -2.00. The molecule has 0 bridgehead atoms. The predicted molar refractivity (Wildman–Crippen MR) is 51.2 cm³/mol. The van der Waals surface area contributed by atoms with Crippen LogP contribution in [0.4, 0.5) is 13.2 Å². The lowest BCUT2D eigenvalue weighted by atomic mass is 10.3. The average molecular weight is 280 g/mol. The zero-order valence-corrected chi connectivity index (χ0v) is 8.88. The third kappa shape index (κ3) is 1.97. The molecule has 1 aromatic carbocycles. The zero-order valence-electron chi connectivity index (χ0n) is 7.29. The van der Waals surface area contributed by atoms with Gasteiger partial charge in [0.1, 0.15) is 12.1 Å². The Bertz CT molecular complexity index is 497. The van der Waals surface area contributed by atoms with Crippen LogP contribution >= 0.6 is 15.9 Å². The quantitative estimate of drug-likeness (QED) is 0.846. The zero-order chi connectivity index (χ0) is 11.0. The minimum absolute atomic E-state index is 0.00106. The number of alkyl halides is 2. The van der Waals surface area contributed by atoms with E-state index in [1.54, 1.807) is 0 Å². The van der Waals surface area contributed by atoms with Crippen LogP contribution in [0.15, 0.2) is 16.6 Å². The van der Waals surface area contributed by atoms with Gasteiger partial charge in [-0.1, -0.05) is 21.1 Å². The molecule has 0 radical (unpaired) electrons. The molecule has 0 fully saturated rings. The van der Waals surface area contributed by atoms with Crippen LogP contribution in [-0.2, 0) is 6.54 Å². The van der Waals surface area contributed by atoms with Gasteiger partial charge in [-0.15, -0.1) is 5.10 Å². The average Bonchev–Trinajstić information content (AvgIpc) is 2.48. The lowest BCUT2D eigenvalue weighted by Crippen LogP contribution is -2.07. The van der Waals surface area contributed by atoms with E-state index in [9.17, 15) is 13.2 Å². The minimum Gasteiger partial charge on any atom is -0.239 e. The van der Waals surface area contributed by atoms with Gasteiger partial charge in [0.25, 0.3) is 6.43 Å². The van der Waals surface area contributed by atoms with Crippen molar-refractivity contribution >= 4 is 27.0 Å². The highest BCUT2D eigenvalue weighted by Gasteiger charge is 2.13. The van der Waals surface area contributed by atoms with Crippen molar-refractivity contribution in [1.82, 2.24) is 15.0 Å². The summed E-state index contributed by atoms with van der Waals surface area (Å²) >= 11 is 3.07. The van der Waals surface area contributed by atoms with E-state index in [1.165, 1.54) is 12.1 Å². The van der Waals surface area contributed by atoms with Gasteiger partial charge in [-0.2, -0.15) is 0 Å². The highest BCUT2D eigenvalue weighted by molar-refractivity contribution is 9.10. The van der Waals surface area contributed by atoms with Crippen LogP contribution in [0.2, 0.25) is 0 Å². The molecule has 3 nitrogen and oxygen atoms in total. The maximum Gasteiger partial charge on any atom is 0.258 e. The molecule has 0 unspecified atom stereocenters. The second-order valence-electron chi connectivity index (χ2n) is 2.92. The highest BCUT2D eigenvalue weighted by atomic mass is 79.9. The number of halogens is 4. The normalized spacial score (nSPS) is 11.5. The monoisotopic (exact) mass is 279 g/mol. The van der Waals surface area contributed by atoms with Crippen molar-refractivity contribution in [1.29, 1.82) is 0 Å². The molecule has 80 valence electrons. The number of fused-ring (bicyclic) bond motifs is 1. The molecule has 0 saturated heterocycles. The topological polar surface area (TPSA) is 30.7 Å². The second kappa shape index (κ2) is 3.80. The number of rotatable bonds is 2. The molecule has 0 aliphatic rings. The Balaban J connectivity index is 2.58. The lowest BCUT2D eigenvalue weighted by molar-refractivity contribution is 0.122. The molecule has 1 heterocycles. The maximum atomic E-state index is 13.3. The molecule has 0 aliphatic carbocycles. The molecule has 2 rings (SSSR count). The molecule has 0 saturated carbocycles. The van der Waals surface area contributed by atoms with Gasteiger partial charge in [-0.05, 0) is 12.1 Å². The van der Waals surface area contributed by atoms with Crippen molar-refractivity contribution in [3.05, 3.63) is 22.4 Å². The maximum absolute atomic E-state index is 13.3. The first-order chi connectivity index (χ1) is 7.08. The third-order valence-corrected chi connectivity index (χ3v) is 2.31. The standard InChI is InChI=1S/C8H5BrF3N3/c9-4-1-5(10)8-6(2-4)15(14-13-8)3-7(11)12/h1-2,7H,3H2. The summed E-state index contributed by atoms with van der Waals surface area (Å²) in [5, 5.41) is 6.96. The van der Waals surface area contributed by atoms with E-state index in [0.717, 1.165) is 4.68 Å². The summed E-state index contributed by atoms with van der Waals surface area (Å²) in [5.74, 6) is -0.583. The Hall–Kier alpha value is -1.11. The summed E-state index contributed by atoms with van der Waals surface area (Å²) in [6, 6.07) is 2.71. The summed E-state index contributed by atoms with van der Waals surface area (Å²) in [6.07, 6.45) is -2.54. The Morgan fingerprint density at radius 1 is 1.40 bits per heavy atom. The molecule has 0 atom stereocenters. The van der Waals surface area contributed by atoms with Gasteiger partial charge in [0, 0.05) is 4.47 Å². The van der Waals surface area contributed by atoms with Gasteiger partial charge in [-0.25, -0.2) is 17.9 Å². The van der Waals surface area contributed by atoms with Crippen molar-refractivity contribution in [2.75, 3.05) is 0 Å². The Morgan fingerprint density at radius 3 is 2.80 bits per heavy atom. The van der Waals surface area contributed by atoms with E-state index < -0.39 is 18.8 Å². The predicted octanol–water partition coefficient (Wildman–Crippen LogP) is 2.60. The summed E-state index contributed by atoms with van der Waals surface area (Å²) in [7, 11) is 0. The smallest absolute Gasteiger partial charge is 0.239 e. The molecule has 2 aromatic rings. The van der Waals surface area contributed by atoms with Crippen molar-refractivity contribution < 1.29 is 13.2 Å². The van der Waals surface area contributed by atoms with Crippen LogP contribution in [0.3, 0.4) is 0 Å². The first kappa shape index (κ1) is 10.4. The van der Waals surface area contributed by atoms with Gasteiger partial charge < -0.3 is 0 Å². The van der Waals surface area contributed by atoms with E-state index in [1.807, 2.05) is 0 Å². The first-order valence-corrected chi connectivity index (χ1v) is 4.83. The summed E-state index contributed by atoms with van der Waals surface area (Å²) in [6.45, 7) is -0.591. The molecule has 0 N–H and O–H groups in total. The van der Waals surface area contributed by atoms with Crippen LogP contribution < -0.4 is 0 Å². The Labute approximate surface area is 91.0 Å². The molecule has 0 aliphatic heterocycles. The fourth-order valence-corrected chi connectivity index (χ4v) is 1.68. The van der Waals surface area contributed by atoms with Gasteiger partial charge >= 0.3 is 0 Å². The number of nitrogens with zero attached hydrogens (tertiary/aromatic N) is 3. The van der Waals surface area contributed by atoms with E-state index in [-0.39, 0.29) is 11.0 Å². The number of hydrogen-bond donors (Lipinski definition) is 0. The van der Waals surface area contributed by atoms with E-state index in [4.69, 9.17) is 0 Å². The fourth-order valence-electron chi connectivity index (χ4n) is 1.26. The molecular weight excluding hydrogens is 275 g/mol. The van der Waals surface area contributed by atoms with Crippen LogP contribution in [-0.4, -0.2) is 21.4 Å². The number of benzene rings is 1. The van der Waals surface area contributed by atoms with E-state index in [0.29, 0.717) is 4.47 Å². The van der Waals surface area contributed by atoms with Crippen LogP contribution in [0.25, 0.3) is 11.0 Å². The summed E-state index contributed by atoms with van der Waals surface area (Å²) in [5.41, 5.74) is 0.251. The minimum atomic E-state index is -2.54. The second-order valence-corrected chi connectivity index (χ2v) is 3.83. The Morgan fingerprint density at radius 2 is 2.13 bits per heavy atom. The number of aromatic nitrogens is 3. The number of hydrogen-bond acceptors (Lipinski definition) is 2. The van der Waals surface area contributed by atoms with Gasteiger partial charge in [0.15, 0.2) is 5.82 Å². The summed E-state index contributed by atoms with van der Waals surface area (Å²) < 4.78 is 39.0. The molecule has 15 heavy (non-hydrogen) atoms. The first-order valence-electron chi connectivity index (χ1n) is 4.04. The van der Waals surface area contributed by atoms with E-state index >= 15 is 0 Å². The van der Waals surface area contributed by atoms with Crippen LogP contribution in [0.1, 0.15) is 0 Å². The van der Waals surface area contributed by atoms with Crippen molar-refractivity contribution in [3.8, 4) is 0 Å². The largest absolute Gasteiger partial charge is 0.258 e. The fraction of sp³-hybridized carbons (Fsp3) is 0.250. The van der Waals surface area contributed by atoms with Crippen molar-refractivity contribution in [3.63, 3.8) is 0 Å². The van der Waals surface area contributed by atoms with Gasteiger partial charge in [0.2, 0.25) is 0 Å². The SMILES string of the molecule is Fc1cc(Br)cc2c1nnn2CC(F)F.